The van der Waals surface area contributed by atoms with Crippen LogP contribution in [0.25, 0.3) is 0 Å². The second-order valence-electron chi connectivity index (χ2n) is 5.20. The van der Waals surface area contributed by atoms with Crippen LogP contribution in [0.4, 0.5) is 0 Å². The van der Waals surface area contributed by atoms with E-state index in [1.54, 1.807) is 0 Å². The summed E-state index contributed by atoms with van der Waals surface area (Å²) in [5.41, 5.74) is 0.374. The molecule has 2 rings (SSSR count). The Labute approximate surface area is 145 Å². The summed E-state index contributed by atoms with van der Waals surface area (Å²) in [6, 6.07) is 11.1. The van der Waals surface area contributed by atoms with Gasteiger partial charge in [-0.25, -0.2) is 8.42 Å². The predicted molar refractivity (Wildman–Crippen MR) is 91.8 cm³/mol. The lowest BCUT2D eigenvalue weighted by Crippen LogP contribution is -2.39. The summed E-state index contributed by atoms with van der Waals surface area (Å²) < 4.78 is 25.9. The van der Waals surface area contributed by atoms with Crippen molar-refractivity contribution in [3.63, 3.8) is 0 Å². The number of hydrogen-bond donors (Lipinski definition) is 1. The molecule has 1 unspecified atom stereocenters. The third kappa shape index (κ3) is 4.20. The maximum Gasteiger partial charge on any atom is 0.243 e. The van der Waals surface area contributed by atoms with Gasteiger partial charge in [-0.1, -0.05) is 6.07 Å². The molecule has 24 heavy (non-hydrogen) atoms. The van der Waals surface area contributed by atoms with Crippen molar-refractivity contribution >= 4 is 27.3 Å². The smallest absolute Gasteiger partial charge is 0.243 e. The average Bonchev–Trinajstić information content (AvgIpc) is 3.09. The van der Waals surface area contributed by atoms with E-state index in [0.717, 1.165) is 9.18 Å². The maximum absolute atomic E-state index is 12.4. The summed E-state index contributed by atoms with van der Waals surface area (Å²) in [5, 5.41) is 13.5. The van der Waals surface area contributed by atoms with Gasteiger partial charge in [0.1, 0.15) is 0 Å². The van der Waals surface area contributed by atoms with Gasteiger partial charge in [0.15, 0.2) is 0 Å². The molecule has 0 fully saturated rings. The van der Waals surface area contributed by atoms with Crippen molar-refractivity contribution in [2.24, 2.45) is 0 Å². The fourth-order valence-electron chi connectivity index (χ4n) is 2.06. The van der Waals surface area contributed by atoms with Crippen LogP contribution in [0.1, 0.15) is 23.4 Å². The number of likely N-dealkylation sites (N-methyl/N-ethyl adjacent to an activating group) is 1. The normalized spacial score (nSPS) is 12.6. The van der Waals surface area contributed by atoms with Crippen LogP contribution in [-0.2, 0) is 14.8 Å². The highest BCUT2D eigenvalue weighted by Gasteiger charge is 2.23. The number of carbonyl (C=O) groups excluding carboxylic acids is 1. The first-order valence-corrected chi connectivity index (χ1v) is 9.46. The maximum atomic E-state index is 12.4. The summed E-state index contributed by atoms with van der Waals surface area (Å²) >= 11 is 1.52. The van der Waals surface area contributed by atoms with Crippen molar-refractivity contribution in [1.29, 1.82) is 5.26 Å². The van der Waals surface area contributed by atoms with Crippen LogP contribution in [0, 0.1) is 11.3 Å². The molecule has 126 valence electrons. The summed E-state index contributed by atoms with van der Waals surface area (Å²) in [7, 11) is -2.43. The molecule has 0 spiro atoms. The van der Waals surface area contributed by atoms with Crippen molar-refractivity contribution in [3.8, 4) is 6.07 Å². The number of rotatable bonds is 6. The van der Waals surface area contributed by atoms with Crippen LogP contribution in [0.3, 0.4) is 0 Å². The average molecular weight is 363 g/mol. The molecule has 2 aromatic rings. The Bertz CT molecular complexity index is 838. The van der Waals surface area contributed by atoms with Crippen LogP contribution in [-0.4, -0.2) is 32.2 Å². The van der Waals surface area contributed by atoms with E-state index in [2.05, 4.69) is 5.32 Å². The number of hydrogen-bond acceptors (Lipinski definition) is 5. The van der Waals surface area contributed by atoms with E-state index in [4.69, 9.17) is 5.26 Å². The van der Waals surface area contributed by atoms with Crippen molar-refractivity contribution in [3.05, 3.63) is 52.2 Å². The first-order valence-electron chi connectivity index (χ1n) is 7.14. The first-order chi connectivity index (χ1) is 11.3. The molecule has 8 heteroatoms. The predicted octanol–water partition coefficient (Wildman–Crippen LogP) is 2.12. The Balaban J connectivity index is 2.03. The number of benzene rings is 1. The highest BCUT2D eigenvalue weighted by Crippen LogP contribution is 2.18. The van der Waals surface area contributed by atoms with E-state index in [9.17, 15) is 13.2 Å². The van der Waals surface area contributed by atoms with Crippen molar-refractivity contribution < 1.29 is 13.2 Å². The van der Waals surface area contributed by atoms with E-state index >= 15 is 0 Å². The second kappa shape index (κ2) is 7.57. The molecule has 0 aliphatic carbocycles. The van der Waals surface area contributed by atoms with Crippen LogP contribution in [0.2, 0.25) is 0 Å². The van der Waals surface area contributed by atoms with Gasteiger partial charge in [-0.15, -0.1) is 11.3 Å². The van der Waals surface area contributed by atoms with Gasteiger partial charge in [0.2, 0.25) is 15.9 Å². The zero-order valence-electron chi connectivity index (χ0n) is 13.3. The minimum absolute atomic E-state index is 0.0445. The molecule has 0 aliphatic heterocycles. The van der Waals surface area contributed by atoms with E-state index in [1.165, 1.54) is 42.6 Å². The monoisotopic (exact) mass is 363 g/mol. The van der Waals surface area contributed by atoms with Gasteiger partial charge >= 0.3 is 0 Å². The molecule has 0 saturated carbocycles. The van der Waals surface area contributed by atoms with Gasteiger partial charge in [-0.3, -0.25) is 4.79 Å². The molecule has 0 saturated heterocycles. The topological polar surface area (TPSA) is 90.3 Å². The Kier molecular flexibility index (Phi) is 5.72. The molecule has 0 bridgehead atoms. The van der Waals surface area contributed by atoms with Crippen LogP contribution < -0.4 is 5.32 Å². The van der Waals surface area contributed by atoms with Crippen molar-refractivity contribution in [2.45, 2.75) is 17.9 Å². The standard InChI is InChI=1S/C16H17N3O3S2/c1-12(15-4-3-9-23-15)18-16(20)11-19(2)24(21,22)14-7-5-13(10-17)6-8-14/h3-9,12H,11H2,1-2H3,(H,18,20). The Hall–Kier alpha value is -2.21. The SMILES string of the molecule is CC(NC(=O)CN(C)S(=O)(=O)c1ccc(C#N)cc1)c1cccs1. The molecule has 1 heterocycles. The minimum atomic E-state index is -3.78. The van der Waals surface area contributed by atoms with Gasteiger partial charge in [-0.2, -0.15) is 9.57 Å². The first kappa shape index (κ1) is 18.1. The van der Waals surface area contributed by atoms with E-state index in [-0.39, 0.29) is 23.4 Å². The number of amides is 1. The van der Waals surface area contributed by atoms with Crippen molar-refractivity contribution in [2.75, 3.05) is 13.6 Å². The molecule has 1 amide bonds. The summed E-state index contributed by atoms with van der Waals surface area (Å²) in [4.78, 5) is 13.1. The Morgan fingerprint density at radius 2 is 2.00 bits per heavy atom. The number of carbonyl (C=O) groups is 1. The zero-order valence-corrected chi connectivity index (χ0v) is 14.9. The van der Waals surface area contributed by atoms with Gasteiger partial charge in [0.05, 0.1) is 29.1 Å². The Morgan fingerprint density at radius 3 is 2.54 bits per heavy atom. The van der Waals surface area contributed by atoms with Gasteiger partial charge in [0.25, 0.3) is 0 Å². The molecule has 1 aromatic heterocycles. The third-order valence-electron chi connectivity index (χ3n) is 3.41. The molecule has 1 aromatic carbocycles. The summed E-state index contributed by atoms with van der Waals surface area (Å²) in [5.74, 6) is -0.379. The van der Waals surface area contributed by atoms with Gasteiger partial charge in [-0.05, 0) is 42.6 Å². The van der Waals surface area contributed by atoms with Crippen LogP contribution >= 0.6 is 11.3 Å². The zero-order chi connectivity index (χ0) is 17.7. The minimum Gasteiger partial charge on any atom is -0.348 e. The molecule has 0 aliphatic rings. The molecule has 1 N–H and O–H groups in total. The van der Waals surface area contributed by atoms with E-state index in [0.29, 0.717) is 5.56 Å². The lowest BCUT2D eigenvalue weighted by molar-refractivity contribution is -0.121. The number of nitrogens with zero attached hydrogens (tertiary/aromatic N) is 2. The fourth-order valence-corrected chi connectivity index (χ4v) is 3.93. The molecule has 0 radical (unpaired) electrons. The third-order valence-corrected chi connectivity index (χ3v) is 6.28. The van der Waals surface area contributed by atoms with Gasteiger partial charge in [0, 0.05) is 11.9 Å². The number of sulfonamides is 1. The van der Waals surface area contributed by atoms with Gasteiger partial charge < -0.3 is 5.32 Å². The molecule has 6 nitrogen and oxygen atoms in total. The number of nitrogens with one attached hydrogen (secondary N) is 1. The number of nitriles is 1. The lowest BCUT2D eigenvalue weighted by Gasteiger charge is -2.18. The largest absolute Gasteiger partial charge is 0.348 e. The highest BCUT2D eigenvalue weighted by atomic mass is 32.2. The molecular formula is C16H17N3O3S2. The van der Waals surface area contributed by atoms with Crippen LogP contribution in [0.15, 0.2) is 46.7 Å². The van der Waals surface area contributed by atoms with E-state index < -0.39 is 10.0 Å². The second-order valence-corrected chi connectivity index (χ2v) is 8.23. The highest BCUT2D eigenvalue weighted by molar-refractivity contribution is 7.89. The molecular weight excluding hydrogens is 346 g/mol. The lowest BCUT2D eigenvalue weighted by atomic mass is 10.2. The molecule has 1 atom stereocenters. The summed E-state index contributed by atoms with van der Waals surface area (Å²) in [6.45, 7) is 1.57. The van der Waals surface area contributed by atoms with Crippen LogP contribution in [0.5, 0.6) is 0 Å². The quantitative estimate of drug-likeness (QED) is 0.851. The Morgan fingerprint density at radius 1 is 1.33 bits per heavy atom. The number of thiophene rings is 1. The summed E-state index contributed by atoms with van der Waals surface area (Å²) in [6.07, 6.45) is 0. The van der Waals surface area contributed by atoms with Crippen molar-refractivity contribution in [1.82, 2.24) is 9.62 Å². The fraction of sp³-hybridized carbons (Fsp3) is 0.250. The van der Waals surface area contributed by atoms with E-state index in [1.807, 2.05) is 30.5 Å².